The average Bonchev–Trinajstić information content (AvgIpc) is 2.55. The summed E-state index contributed by atoms with van der Waals surface area (Å²) in [5, 5.41) is 6.52. The van der Waals surface area contributed by atoms with Gasteiger partial charge in [-0.25, -0.2) is 5.10 Å². The van der Waals surface area contributed by atoms with Gasteiger partial charge in [0.1, 0.15) is 5.82 Å². The predicted octanol–water partition coefficient (Wildman–Crippen LogP) is 1.34. The van der Waals surface area contributed by atoms with Gasteiger partial charge in [-0.15, -0.1) is 11.8 Å². The topological polar surface area (TPSA) is 69.3 Å². The molecule has 1 aromatic heterocycles. The number of nitrogens with one attached hydrogen (secondary N) is 1. The summed E-state index contributed by atoms with van der Waals surface area (Å²) < 4.78 is 0. The number of hydrogen-bond donors (Lipinski definition) is 1. The van der Waals surface area contributed by atoms with E-state index in [9.17, 15) is 9.59 Å². The van der Waals surface area contributed by atoms with Crippen molar-refractivity contribution in [2.75, 3.05) is 36.8 Å². The fraction of sp³-hybridized carbons (Fsp3) is 0.667. The van der Waals surface area contributed by atoms with Gasteiger partial charge < -0.3 is 9.80 Å². The molecule has 22 heavy (non-hydrogen) atoms. The zero-order valence-corrected chi connectivity index (χ0v) is 14.1. The van der Waals surface area contributed by atoms with Gasteiger partial charge in [-0.05, 0) is 25.2 Å². The highest BCUT2D eigenvalue weighted by molar-refractivity contribution is 8.00. The fourth-order valence-corrected chi connectivity index (χ4v) is 3.50. The summed E-state index contributed by atoms with van der Waals surface area (Å²) in [7, 11) is 0. The van der Waals surface area contributed by atoms with Crippen LogP contribution in [0.4, 0.5) is 5.82 Å². The van der Waals surface area contributed by atoms with E-state index in [1.807, 2.05) is 11.8 Å². The Morgan fingerprint density at radius 2 is 2.09 bits per heavy atom. The van der Waals surface area contributed by atoms with E-state index in [4.69, 9.17) is 0 Å². The molecule has 1 fully saturated rings. The molecule has 0 saturated carbocycles. The zero-order chi connectivity index (χ0) is 15.9. The summed E-state index contributed by atoms with van der Waals surface area (Å²) in [6.07, 6.45) is 2.33. The van der Waals surface area contributed by atoms with Crippen LogP contribution >= 0.6 is 11.8 Å². The Labute approximate surface area is 135 Å². The van der Waals surface area contributed by atoms with Crippen molar-refractivity contribution in [3.8, 4) is 0 Å². The van der Waals surface area contributed by atoms with Crippen molar-refractivity contribution in [3.05, 3.63) is 22.5 Å². The molecule has 0 aromatic carbocycles. The standard InChI is InChI=1S/C15H24N4O2S/c1-3-4-11-22-12(2)15(21)19-9-7-18(8-10-19)13-5-6-14(20)17-16-13/h5-6,12H,3-4,7-11H2,1-2H3,(H,17,20)/t12-/m1/s1. The van der Waals surface area contributed by atoms with Crippen molar-refractivity contribution >= 4 is 23.5 Å². The molecule has 1 N–H and O–H groups in total. The van der Waals surface area contributed by atoms with E-state index in [2.05, 4.69) is 22.0 Å². The van der Waals surface area contributed by atoms with Gasteiger partial charge in [-0.1, -0.05) is 13.3 Å². The Morgan fingerprint density at radius 1 is 1.36 bits per heavy atom. The lowest BCUT2D eigenvalue weighted by Gasteiger charge is -2.36. The number of amides is 1. The van der Waals surface area contributed by atoms with Crippen LogP contribution in [0.15, 0.2) is 16.9 Å². The number of hydrogen-bond acceptors (Lipinski definition) is 5. The van der Waals surface area contributed by atoms with Crippen LogP contribution in [0.3, 0.4) is 0 Å². The molecular formula is C15H24N4O2S. The van der Waals surface area contributed by atoms with Crippen molar-refractivity contribution in [1.29, 1.82) is 0 Å². The first kappa shape index (κ1) is 16.9. The molecule has 2 heterocycles. The van der Waals surface area contributed by atoms with Gasteiger partial charge in [0.25, 0.3) is 5.56 Å². The molecule has 6 nitrogen and oxygen atoms in total. The number of nitrogens with zero attached hydrogens (tertiary/aromatic N) is 3. The largest absolute Gasteiger partial charge is 0.352 e. The fourth-order valence-electron chi connectivity index (χ4n) is 2.40. The summed E-state index contributed by atoms with van der Waals surface area (Å²) in [6, 6.07) is 3.20. The van der Waals surface area contributed by atoms with E-state index in [1.165, 1.54) is 12.5 Å². The van der Waals surface area contributed by atoms with Crippen LogP contribution in [0.5, 0.6) is 0 Å². The second-order valence-electron chi connectivity index (χ2n) is 5.46. The third-order valence-corrected chi connectivity index (χ3v) is 5.02. The number of rotatable bonds is 6. The highest BCUT2D eigenvalue weighted by Crippen LogP contribution is 2.17. The Bertz CT molecular complexity index is 520. The first-order valence-electron chi connectivity index (χ1n) is 7.83. The van der Waals surface area contributed by atoms with Gasteiger partial charge >= 0.3 is 0 Å². The van der Waals surface area contributed by atoms with E-state index in [1.54, 1.807) is 17.8 Å². The van der Waals surface area contributed by atoms with Crippen molar-refractivity contribution in [2.24, 2.45) is 0 Å². The van der Waals surface area contributed by atoms with Crippen molar-refractivity contribution in [1.82, 2.24) is 15.1 Å². The van der Waals surface area contributed by atoms with Crippen LogP contribution in [0.25, 0.3) is 0 Å². The Balaban J connectivity index is 1.82. The number of piperazine rings is 1. The summed E-state index contributed by atoms with van der Waals surface area (Å²) >= 11 is 1.74. The third-order valence-electron chi connectivity index (χ3n) is 3.79. The second-order valence-corrected chi connectivity index (χ2v) is 6.91. The minimum atomic E-state index is -0.199. The summed E-state index contributed by atoms with van der Waals surface area (Å²) in [6.45, 7) is 7.07. The molecule has 0 aliphatic carbocycles. The molecule has 1 atom stereocenters. The average molecular weight is 324 g/mol. The number of aromatic nitrogens is 2. The molecule has 7 heteroatoms. The maximum atomic E-state index is 12.4. The summed E-state index contributed by atoms with van der Waals surface area (Å²) in [5.41, 5.74) is -0.199. The maximum Gasteiger partial charge on any atom is 0.264 e. The van der Waals surface area contributed by atoms with Crippen LogP contribution in [0.1, 0.15) is 26.7 Å². The van der Waals surface area contributed by atoms with Crippen LogP contribution in [-0.4, -0.2) is 58.2 Å². The highest BCUT2D eigenvalue weighted by atomic mass is 32.2. The van der Waals surface area contributed by atoms with E-state index >= 15 is 0 Å². The molecule has 1 saturated heterocycles. The lowest BCUT2D eigenvalue weighted by molar-refractivity contribution is -0.130. The van der Waals surface area contributed by atoms with Gasteiger partial charge in [0.15, 0.2) is 0 Å². The first-order chi connectivity index (χ1) is 10.6. The smallest absolute Gasteiger partial charge is 0.264 e. The molecule has 1 aromatic rings. The Hall–Kier alpha value is -1.50. The van der Waals surface area contributed by atoms with Crippen molar-refractivity contribution < 1.29 is 4.79 Å². The minimum Gasteiger partial charge on any atom is -0.352 e. The van der Waals surface area contributed by atoms with Crippen LogP contribution in [-0.2, 0) is 4.79 Å². The van der Waals surface area contributed by atoms with E-state index < -0.39 is 0 Å². The number of thioether (sulfide) groups is 1. The second kappa shape index (κ2) is 8.22. The van der Waals surface area contributed by atoms with Gasteiger partial charge in [0, 0.05) is 32.2 Å². The Morgan fingerprint density at radius 3 is 2.68 bits per heavy atom. The Kier molecular flexibility index (Phi) is 6.30. The van der Waals surface area contributed by atoms with E-state index in [-0.39, 0.29) is 16.7 Å². The molecule has 0 radical (unpaired) electrons. The molecule has 1 aliphatic heterocycles. The summed E-state index contributed by atoms with van der Waals surface area (Å²) in [4.78, 5) is 27.5. The highest BCUT2D eigenvalue weighted by Gasteiger charge is 2.25. The van der Waals surface area contributed by atoms with Gasteiger partial charge in [0.2, 0.25) is 5.91 Å². The molecule has 1 amide bonds. The molecular weight excluding hydrogens is 300 g/mol. The van der Waals surface area contributed by atoms with Gasteiger partial charge in [-0.2, -0.15) is 5.10 Å². The number of aromatic amines is 1. The van der Waals surface area contributed by atoms with Crippen molar-refractivity contribution in [3.63, 3.8) is 0 Å². The monoisotopic (exact) mass is 324 g/mol. The molecule has 0 bridgehead atoms. The number of anilines is 1. The van der Waals surface area contributed by atoms with Crippen LogP contribution < -0.4 is 10.5 Å². The lowest BCUT2D eigenvalue weighted by atomic mass is 10.3. The molecule has 0 spiro atoms. The maximum absolute atomic E-state index is 12.4. The zero-order valence-electron chi connectivity index (χ0n) is 13.2. The minimum absolute atomic E-state index is 0.0318. The third kappa shape index (κ3) is 4.50. The van der Waals surface area contributed by atoms with E-state index in [0.717, 1.165) is 31.1 Å². The lowest BCUT2D eigenvalue weighted by Crippen LogP contribution is -2.51. The van der Waals surface area contributed by atoms with E-state index in [0.29, 0.717) is 13.1 Å². The molecule has 122 valence electrons. The number of carbonyl (C=O) groups excluding carboxylic acids is 1. The summed E-state index contributed by atoms with van der Waals surface area (Å²) in [5.74, 6) is 2.04. The van der Waals surface area contributed by atoms with Crippen molar-refractivity contribution in [2.45, 2.75) is 31.9 Å². The van der Waals surface area contributed by atoms with Gasteiger partial charge in [-0.3, -0.25) is 9.59 Å². The van der Waals surface area contributed by atoms with Crippen LogP contribution in [0, 0.1) is 0 Å². The molecule has 1 aliphatic rings. The quantitative estimate of drug-likeness (QED) is 0.800. The normalized spacial score (nSPS) is 16.6. The number of H-pyrrole nitrogens is 1. The molecule has 2 rings (SSSR count). The number of unbranched alkanes of at least 4 members (excludes halogenated alkanes) is 1. The van der Waals surface area contributed by atoms with Crippen LogP contribution in [0.2, 0.25) is 0 Å². The SMILES string of the molecule is CCCCS[C@H](C)C(=O)N1CCN(c2ccc(=O)[nH]n2)CC1. The predicted molar refractivity (Wildman–Crippen MR) is 90.5 cm³/mol. The van der Waals surface area contributed by atoms with Gasteiger partial charge in [0.05, 0.1) is 5.25 Å². The first-order valence-corrected chi connectivity index (χ1v) is 8.87. The number of carbonyl (C=O) groups is 1. The molecule has 0 unspecified atom stereocenters.